The van der Waals surface area contributed by atoms with Crippen LogP contribution in [0.5, 0.6) is 0 Å². The third-order valence-electron chi connectivity index (χ3n) is 17.5. The molecule has 2 unspecified atom stereocenters. The summed E-state index contributed by atoms with van der Waals surface area (Å²) < 4.78 is 68.4. The fraction of sp³-hybridized carbons (Fsp3) is 0.947. The molecule has 0 fully saturated rings. The summed E-state index contributed by atoms with van der Waals surface area (Å²) in [5.41, 5.74) is 0. The minimum Gasteiger partial charge on any atom is -0.462 e. The average molecular weight is 1380 g/mol. The highest BCUT2D eigenvalue weighted by atomic mass is 31.2. The van der Waals surface area contributed by atoms with Crippen molar-refractivity contribution in [2.75, 3.05) is 39.6 Å². The second-order valence-electron chi connectivity index (χ2n) is 27.5. The van der Waals surface area contributed by atoms with Gasteiger partial charge in [0.2, 0.25) is 0 Å². The van der Waals surface area contributed by atoms with Crippen LogP contribution in [-0.2, 0) is 65.4 Å². The van der Waals surface area contributed by atoms with Crippen LogP contribution in [0.1, 0.15) is 394 Å². The highest BCUT2D eigenvalue weighted by Crippen LogP contribution is 2.45. The summed E-state index contributed by atoms with van der Waals surface area (Å²) in [6, 6.07) is 0. The van der Waals surface area contributed by atoms with Crippen LogP contribution in [0.4, 0.5) is 0 Å². The Bertz CT molecular complexity index is 1810. The average Bonchev–Trinajstić information content (AvgIpc) is 1.45. The van der Waals surface area contributed by atoms with E-state index in [-0.39, 0.29) is 25.7 Å². The first-order valence-corrected chi connectivity index (χ1v) is 42.1. The fourth-order valence-electron chi connectivity index (χ4n) is 11.5. The molecule has 0 bridgehead atoms. The molecular formula is C75H146O17P2. The number of esters is 4. The summed E-state index contributed by atoms with van der Waals surface area (Å²) in [6.45, 7) is 7.20. The van der Waals surface area contributed by atoms with E-state index in [0.717, 1.165) is 96.3 Å². The third-order valence-corrected chi connectivity index (χ3v) is 19.4. The molecule has 0 saturated carbocycles. The molecular weight excluding hydrogens is 1230 g/mol. The summed E-state index contributed by atoms with van der Waals surface area (Å²) in [6.07, 6.45) is 57.0. The summed E-state index contributed by atoms with van der Waals surface area (Å²) in [5, 5.41) is 10.6. The molecule has 17 nitrogen and oxygen atoms in total. The van der Waals surface area contributed by atoms with E-state index in [1.807, 2.05) is 0 Å². The molecule has 558 valence electrons. The highest BCUT2D eigenvalue weighted by molar-refractivity contribution is 7.47. The molecule has 0 amide bonds. The minimum absolute atomic E-state index is 0.106. The number of unbranched alkanes of at least 4 members (excludes halogenated alkanes) is 47. The maximum absolute atomic E-state index is 13.1. The first-order valence-electron chi connectivity index (χ1n) is 39.1. The Labute approximate surface area is 575 Å². The van der Waals surface area contributed by atoms with Crippen LogP contribution in [0.2, 0.25) is 0 Å². The summed E-state index contributed by atoms with van der Waals surface area (Å²) in [5.74, 6) is -1.44. The van der Waals surface area contributed by atoms with Crippen LogP contribution in [0.15, 0.2) is 0 Å². The van der Waals surface area contributed by atoms with Gasteiger partial charge in [0.05, 0.1) is 26.4 Å². The number of carbonyl (C=O) groups is 4. The van der Waals surface area contributed by atoms with Crippen LogP contribution in [0.3, 0.4) is 0 Å². The monoisotopic (exact) mass is 1380 g/mol. The first kappa shape index (κ1) is 92.1. The highest BCUT2D eigenvalue weighted by Gasteiger charge is 2.30. The van der Waals surface area contributed by atoms with Crippen molar-refractivity contribution in [1.29, 1.82) is 0 Å². The molecule has 19 heteroatoms. The van der Waals surface area contributed by atoms with Crippen molar-refractivity contribution < 1.29 is 80.2 Å². The van der Waals surface area contributed by atoms with E-state index in [1.165, 1.54) is 212 Å². The van der Waals surface area contributed by atoms with E-state index in [2.05, 4.69) is 34.6 Å². The SMILES string of the molecule is CCCCCCCCCCCCCCCCCCCCC(=O)O[C@H](COC(=O)CCCCCCCCCCCCCCCCCC)COP(=O)(O)OC[C@@H](O)COP(=O)(O)OC[C@@H](COC(=O)CCCCCCCCC(C)C)OC(=O)CCCCCCCCCCCCC. The number of aliphatic hydroxyl groups is 1. The maximum Gasteiger partial charge on any atom is 0.472 e. The lowest BCUT2D eigenvalue weighted by molar-refractivity contribution is -0.161. The molecule has 3 N–H and O–H groups in total. The zero-order valence-electron chi connectivity index (χ0n) is 61.1. The van der Waals surface area contributed by atoms with Gasteiger partial charge in [-0.2, -0.15) is 0 Å². The topological polar surface area (TPSA) is 237 Å². The number of ether oxygens (including phenoxy) is 4. The molecule has 0 aliphatic rings. The van der Waals surface area contributed by atoms with Gasteiger partial charge in [-0.05, 0) is 31.6 Å². The van der Waals surface area contributed by atoms with E-state index in [4.69, 9.17) is 37.0 Å². The first-order chi connectivity index (χ1) is 45.5. The number of hydrogen-bond acceptors (Lipinski definition) is 15. The Hall–Kier alpha value is -1.94. The Kier molecular flexibility index (Phi) is 66.8. The van der Waals surface area contributed by atoms with Crippen molar-refractivity contribution in [3.8, 4) is 0 Å². The summed E-state index contributed by atoms with van der Waals surface area (Å²) in [7, 11) is -9.91. The van der Waals surface area contributed by atoms with Crippen LogP contribution in [-0.4, -0.2) is 96.7 Å². The van der Waals surface area contributed by atoms with Gasteiger partial charge < -0.3 is 33.8 Å². The summed E-state index contributed by atoms with van der Waals surface area (Å²) in [4.78, 5) is 72.7. The Morgan fingerprint density at radius 2 is 0.489 bits per heavy atom. The molecule has 0 saturated heterocycles. The normalized spacial score (nSPS) is 14.0. The number of carbonyl (C=O) groups excluding carboxylic acids is 4. The molecule has 5 atom stereocenters. The van der Waals surface area contributed by atoms with Gasteiger partial charge in [-0.15, -0.1) is 0 Å². The van der Waals surface area contributed by atoms with Crippen molar-refractivity contribution in [1.82, 2.24) is 0 Å². The molecule has 94 heavy (non-hydrogen) atoms. The molecule has 0 aromatic carbocycles. The minimum atomic E-state index is -4.96. The molecule has 0 heterocycles. The molecule has 0 aromatic rings. The van der Waals surface area contributed by atoms with Gasteiger partial charge >= 0.3 is 39.5 Å². The van der Waals surface area contributed by atoms with Gasteiger partial charge in [0.1, 0.15) is 19.3 Å². The van der Waals surface area contributed by atoms with Crippen LogP contribution < -0.4 is 0 Å². The van der Waals surface area contributed by atoms with Gasteiger partial charge in [0.15, 0.2) is 12.2 Å². The lowest BCUT2D eigenvalue weighted by Crippen LogP contribution is -2.30. The van der Waals surface area contributed by atoms with Gasteiger partial charge in [-0.3, -0.25) is 37.3 Å². The van der Waals surface area contributed by atoms with Gasteiger partial charge in [0.25, 0.3) is 0 Å². The lowest BCUT2D eigenvalue weighted by Gasteiger charge is -2.21. The molecule has 0 rings (SSSR count). The second kappa shape index (κ2) is 68.2. The van der Waals surface area contributed by atoms with Crippen molar-refractivity contribution in [3.05, 3.63) is 0 Å². The molecule has 0 radical (unpaired) electrons. The number of phosphoric acid groups is 2. The second-order valence-corrected chi connectivity index (χ2v) is 30.4. The number of hydrogen-bond donors (Lipinski definition) is 3. The zero-order valence-corrected chi connectivity index (χ0v) is 62.9. The van der Waals surface area contributed by atoms with Crippen molar-refractivity contribution in [2.45, 2.75) is 412 Å². The van der Waals surface area contributed by atoms with Crippen molar-refractivity contribution in [2.24, 2.45) is 5.92 Å². The van der Waals surface area contributed by atoms with E-state index < -0.39 is 97.5 Å². The van der Waals surface area contributed by atoms with E-state index in [1.54, 1.807) is 0 Å². The quantitative estimate of drug-likeness (QED) is 0.0222. The predicted molar refractivity (Wildman–Crippen MR) is 382 cm³/mol. The van der Waals surface area contributed by atoms with Crippen molar-refractivity contribution in [3.63, 3.8) is 0 Å². The number of rotatable bonds is 75. The van der Waals surface area contributed by atoms with E-state index in [9.17, 15) is 43.2 Å². The molecule has 0 aliphatic carbocycles. The Morgan fingerprint density at radius 1 is 0.287 bits per heavy atom. The van der Waals surface area contributed by atoms with Gasteiger partial charge in [-0.25, -0.2) is 9.13 Å². The standard InChI is InChI=1S/C75H146O17P2/c1-6-9-12-15-18-21-24-26-28-30-31-33-35-38-41-44-51-56-61-75(80)91-70(64-85-72(77)58-53-48-42-39-37-34-32-29-27-25-22-19-16-13-10-7-2)66-89-93(81,82)87-62-69(76)63-88-94(83,84)90-67-71(65-86-73(78)59-54-49-46-45-47-52-57-68(4)5)92-74(79)60-55-50-43-40-36-23-20-17-14-11-8-3/h68-71,76H,6-67H2,1-5H3,(H,81,82)(H,83,84)/t69-,70-,71-/m1/s1. The predicted octanol–water partition coefficient (Wildman–Crippen LogP) is 22.1. The molecule has 0 aromatic heterocycles. The largest absolute Gasteiger partial charge is 0.472 e. The molecule has 0 aliphatic heterocycles. The van der Waals surface area contributed by atoms with Crippen LogP contribution in [0.25, 0.3) is 0 Å². The maximum atomic E-state index is 13.1. The number of phosphoric ester groups is 2. The van der Waals surface area contributed by atoms with Gasteiger partial charge in [0, 0.05) is 25.7 Å². The van der Waals surface area contributed by atoms with Crippen molar-refractivity contribution >= 4 is 39.5 Å². The van der Waals surface area contributed by atoms with E-state index in [0.29, 0.717) is 31.6 Å². The number of aliphatic hydroxyl groups excluding tert-OH is 1. The van der Waals surface area contributed by atoms with E-state index >= 15 is 0 Å². The Morgan fingerprint density at radius 3 is 0.723 bits per heavy atom. The smallest absolute Gasteiger partial charge is 0.462 e. The Balaban J connectivity index is 5.21. The van der Waals surface area contributed by atoms with Crippen LogP contribution in [0, 0.1) is 5.92 Å². The van der Waals surface area contributed by atoms with Crippen LogP contribution >= 0.6 is 15.6 Å². The fourth-order valence-corrected chi connectivity index (χ4v) is 13.1. The third kappa shape index (κ3) is 68.6. The lowest BCUT2D eigenvalue weighted by atomic mass is 10.0. The van der Waals surface area contributed by atoms with Gasteiger partial charge in [-0.1, -0.05) is 343 Å². The zero-order chi connectivity index (χ0) is 69.1. The molecule has 0 spiro atoms. The summed E-state index contributed by atoms with van der Waals surface area (Å²) >= 11 is 0.